The van der Waals surface area contributed by atoms with Gasteiger partial charge in [0.05, 0.1) is 5.69 Å². The van der Waals surface area contributed by atoms with Crippen LogP contribution in [0.5, 0.6) is 0 Å². The van der Waals surface area contributed by atoms with Gasteiger partial charge in [-0.2, -0.15) is 0 Å². The number of hydrogen-bond acceptors (Lipinski definition) is 5. The number of hydrogen-bond donors (Lipinski definition) is 0. The van der Waals surface area contributed by atoms with E-state index in [4.69, 9.17) is 9.72 Å². The number of rotatable bonds is 2. The van der Waals surface area contributed by atoms with Crippen LogP contribution in [0.4, 0.5) is 4.79 Å². The third-order valence-electron chi connectivity index (χ3n) is 4.34. The molecule has 2 aromatic rings. The van der Waals surface area contributed by atoms with E-state index >= 15 is 0 Å². The molecule has 0 unspecified atom stereocenters. The number of carbonyl (C=O) groups is 1. The highest BCUT2D eigenvalue weighted by Gasteiger charge is 2.28. The van der Waals surface area contributed by atoms with Gasteiger partial charge in [-0.25, -0.2) is 9.78 Å². The molecular formula is C19H25N3O2S. The van der Waals surface area contributed by atoms with Crippen LogP contribution in [0.15, 0.2) is 23.8 Å². The van der Waals surface area contributed by atoms with Gasteiger partial charge in [-0.1, -0.05) is 0 Å². The molecule has 134 valence electrons. The average Bonchev–Trinajstić information content (AvgIpc) is 3.03. The Labute approximate surface area is 153 Å². The van der Waals surface area contributed by atoms with Gasteiger partial charge in [0, 0.05) is 42.3 Å². The predicted molar refractivity (Wildman–Crippen MR) is 99.9 cm³/mol. The van der Waals surface area contributed by atoms with Crippen molar-refractivity contribution in [1.82, 2.24) is 14.9 Å². The number of likely N-dealkylation sites (tertiary alicyclic amines) is 1. The normalized spacial score (nSPS) is 16.1. The quantitative estimate of drug-likeness (QED) is 0.784. The number of nitrogens with zero attached hydrogens (tertiary/aromatic N) is 3. The molecule has 0 saturated carbocycles. The van der Waals surface area contributed by atoms with Crippen molar-refractivity contribution >= 4 is 17.4 Å². The summed E-state index contributed by atoms with van der Waals surface area (Å²) in [7, 11) is 0. The summed E-state index contributed by atoms with van der Waals surface area (Å²) in [6.07, 6.45) is 5.32. The summed E-state index contributed by atoms with van der Waals surface area (Å²) in [5.41, 5.74) is 2.99. The second kappa shape index (κ2) is 7.12. The molecule has 1 aliphatic rings. The zero-order valence-corrected chi connectivity index (χ0v) is 16.1. The van der Waals surface area contributed by atoms with Gasteiger partial charge in [-0.3, -0.25) is 4.98 Å². The Morgan fingerprint density at radius 2 is 2.04 bits per heavy atom. The molecule has 3 rings (SSSR count). The third-order valence-corrected chi connectivity index (χ3v) is 5.23. The van der Waals surface area contributed by atoms with Crippen molar-refractivity contribution < 1.29 is 9.53 Å². The predicted octanol–water partition coefficient (Wildman–Crippen LogP) is 4.63. The SMILES string of the molecule is Cc1cnccc1-c1nc(C2CCN(C(=O)OC(C)(C)C)CC2)cs1. The van der Waals surface area contributed by atoms with Gasteiger partial charge >= 0.3 is 6.09 Å². The van der Waals surface area contributed by atoms with Crippen molar-refractivity contribution in [3.63, 3.8) is 0 Å². The number of carbonyl (C=O) groups excluding carboxylic acids is 1. The van der Waals surface area contributed by atoms with Gasteiger partial charge in [0.15, 0.2) is 0 Å². The Morgan fingerprint density at radius 3 is 2.68 bits per heavy atom. The van der Waals surface area contributed by atoms with Crippen LogP contribution in [0.2, 0.25) is 0 Å². The first kappa shape index (κ1) is 17.9. The minimum atomic E-state index is -0.444. The summed E-state index contributed by atoms with van der Waals surface area (Å²) in [4.78, 5) is 23.0. The fourth-order valence-electron chi connectivity index (χ4n) is 3.00. The largest absolute Gasteiger partial charge is 0.444 e. The van der Waals surface area contributed by atoms with Crippen LogP contribution in [0.1, 0.15) is 50.8 Å². The molecule has 3 heterocycles. The third kappa shape index (κ3) is 4.37. The fourth-order valence-corrected chi connectivity index (χ4v) is 3.99. The molecule has 0 bridgehead atoms. The summed E-state index contributed by atoms with van der Waals surface area (Å²) >= 11 is 1.68. The number of aromatic nitrogens is 2. The number of pyridine rings is 1. The van der Waals surface area contributed by atoms with E-state index in [-0.39, 0.29) is 6.09 Å². The lowest BCUT2D eigenvalue weighted by Crippen LogP contribution is -2.41. The highest BCUT2D eigenvalue weighted by atomic mass is 32.1. The summed E-state index contributed by atoms with van der Waals surface area (Å²) in [6.45, 7) is 9.20. The number of amides is 1. The second-order valence-electron chi connectivity index (χ2n) is 7.51. The Balaban J connectivity index is 1.63. The van der Waals surface area contributed by atoms with E-state index in [0.29, 0.717) is 5.92 Å². The number of thiazole rings is 1. The molecule has 0 spiro atoms. The summed E-state index contributed by atoms with van der Waals surface area (Å²) in [5, 5.41) is 3.20. The van der Waals surface area contributed by atoms with E-state index in [0.717, 1.165) is 47.8 Å². The first-order valence-electron chi connectivity index (χ1n) is 8.68. The Morgan fingerprint density at radius 1 is 1.32 bits per heavy atom. The molecule has 0 aromatic carbocycles. The van der Waals surface area contributed by atoms with Crippen molar-refractivity contribution in [2.75, 3.05) is 13.1 Å². The summed E-state index contributed by atoms with van der Waals surface area (Å²) in [5.74, 6) is 0.408. The molecule has 0 aliphatic carbocycles. The van der Waals surface area contributed by atoms with Gasteiger partial charge in [-0.15, -0.1) is 11.3 Å². The molecule has 1 amide bonds. The van der Waals surface area contributed by atoms with Crippen LogP contribution < -0.4 is 0 Å². The van der Waals surface area contributed by atoms with Crippen LogP contribution >= 0.6 is 11.3 Å². The van der Waals surface area contributed by atoms with Gasteiger partial charge in [0.25, 0.3) is 0 Å². The molecule has 0 N–H and O–H groups in total. The highest BCUT2D eigenvalue weighted by Crippen LogP contribution is 2.33. The first-order valence-corrected chi connectivity index (χ1v) is 9.56. The number of piperidine rings is 1. The van der Waals surface area contributed by atoms with Crippen molar-refractivity contribution in [3.8, 4) is 10.6 Å². The molecule has 1 fully saturated rings. The zero-order valence-electron chi connectivity index (χ0n) is 15.3. The molecule has 2 aromatic heterocycles. The van der Waals surface area contributed by atoms with Crippen molar-refractivity contribution in [2.45, 2.75) is 52.1 Å². The molecular weight excluding hydrogens is 334 g/mol. The van der Waals surface area contributed by atoms with Crippen molar-refractivity contribution in [1.29, 1.82) is 0 Å². The second-order valence-corrected chi connectivity index (χ2v) is 8.37. The molecule has 6 heteroatoms. The monoisotopic (exact) mass is 359 g/mol. The lowest BCUT2D eigenvalue weighted by molar-refractivity contribution is 0.0204. The van der Waals surface area contributed by atoms with E-state index < -0.39 is 5.60 Å². The number of ether oxygens (including phenoxy) is 1. The minimum absolute atomic E-state index is 0.211. The van der Waals surface area contributed by atoms with Gasteiger partial charge in [0.2, 0.25) is 0 Å². The van der Waals surface area contributed by atoms with Crippen LogP contribution in [0, 0.1) is 6.92 Å². The smallest absolute Gasteiger partial charge is 0.410 e. The molecule has 5 nitrogen and oxygen atoms in total. The summed E-state index contributed by atoms with van der Waals surface area (Å²) < 4.78 is 5.46. The molecule has 25 heavy (non-hydrogen) atoms. The molecule has 1 saturated heterocycles. The van der Waals surface area contributed by atoms with Gasteiger partial charge in [-0.05, 0) is 52.2 Å². The van der Waals surface area contributed by atoms with E-state index in [1.54, 1.807) is 11.3 Å². The van der Waals surface area contributed by atoms with Crippen LogP contribution in [0.25, 0.3) is 10.6 Å². The molecule has 0 radical (unpaired) electrons. The number of aryl methyl sites for hydroxylation is 1. The van der Waals surface area contributed by atoms with E-state index in [2.05, 4.69) is 17.3 Å². The maximum atomic E-state index is 12.2. The Hall–Kier alpha value is -1.95. The van der Waals surface area contributed by atoms with Crippen LogP contribution in [-0.2, 0) is 4.74 Å². The lowest BCUT2D eigenvalue weighted by Gasteiger charge is -2.32. The first-order chi connectivity index (χ1) is 11.8. The minimum Gasteiger partial charge on any atom is -0.444 e. The summed E-state index contributed by atoms with van der Waals surface area (Å²) in [6, 6.07) is 2.02. The van der Waals surface area contributed by atoms with Gasteiger partial charge in [0.1, 0.15) is 10.6 Å². The van der Waals surface area contributed by atoms with Gasteiger partial charge < -0.3 is 9.64 Å². The average molecular weight is 359 g/mol. The van der Waals surface area contributed by atoms with Crippen LogP contribution in [-0.4, -0.2) is 39.7 Å². The van der Waals surface area contributed by atoms with E-state index in [9.17, 15) is 4.79 Å². The maximum Gasteiger partial charge on any atom is 0.410 e. The van der Waals surface area contributed by atoms with Crippen LogP contribution in [0.3, 0.4) is 0 Å². The van der Waals surface area contributed by atoms with E-state index in [1.165, 1.54) is 0 Å². The standard InChI is InChI=1S/C19H25N3O2S/c1-13-11-20-8-5-15(13)17-21-16(12-25-17)14-6-9-22(10-7-14)18(23)24-19(2,3)4/h5,8,11-12,14H,6-7,9-10H2,1-4H3. The Kier molecular flexibility index (Phi) is 5.08. The van der Waals surface area contributed by atoms with Crippen molar-refractivity contribution in [2.24, 2.45) is 0 Å². The Bertz CT molecular complexity index is 743. The topological polar surface area (TPSA) is 55.3 Å². The molecule has 0 atom stereocenters. The highest BCUT2D eigenvalue weighted by molar-refractivity contribution is 7.13. The zero-order chi connectivity index (χ0) is 18.0. The van der Waals surface area contributed by atoms with Crippen molar-refractivity contribution in [3.05, 3.63) is 35.1 Å². The maximum absolute atomic E-state index is 12.2. The fraction of sp³-hybridized carbons (Fsp3) is 0.526. The molecule has 1 aliphatic heterocycles. The van der Waals surface area contributed by atoms with E-state index in [1.807, 2.05) is 44.1 Å². The lowest BCUT2D eigenvalue weighted by atomic mass is 9.94.